The molecule has 0 bridgehead atoms. The van der Waals surface area contributed by atoms with Crippen molar-refractivity contribution in [1.29, 1.82) is 0 Å². The Labute approximate surface area is 91.4 Å². The lowest BCUT2D eigenvalue weighted by atomic mass is 10.1. The minimum atomic E-state index is 0.264. The van der Waals surface area contributed by atoms with Crippen molar-refractivity contribution in [2.75, 3.05) is 0 Å². The van der Waals surface area contributed by atoms with Crippen LogP contribution in [-0.2, 0) is 0 Å². The van der Waals surface area contributed by atoms with Gasteiger partial charge < -0.3 is 0 Å². The van der Waals surface area contributed by atoms with Gasteiger partial charge in [-0.2, -0.15) is 0 Å². The van der Waals surface area contributed by atoms with Gasteiger partial charge in [0.1, 0.15) is 4.32 Å². The maximum Gasteiger partial charge on any atom is 0.112 e. The molecule has 0 saturated carbocycles. The number of halogens is 3. The summed E-state index contributed by atoms with van der Waals surface area (Å²) in [5.41, 5.74) is 1.58. The van der Waals surface area contributed by atoms with Crippen molar-refractivity contribution >= 4 is 51.3 Å². The monoisotopic (exact) mass is 238 g/mol. The van der Waals surface area contributed by atoms with E-state index in [1.807, 2.05) is 6.92 Å². The van der Waals surface area contributed by atoms with Crippen LogP contribution in [-0.4, -0.2) is 4.32 Å². The fraction of sp³-hybridized carbons (Fsp3) is 0.125. The van der Waals surface area contributed by atoms with Crippen molar-refractivity contribution in [3.8, 4) is 0 Å². The quantitative estimate of drug-likeness (QED) is 0.522. The average molecular weight is 240 g/mol. The van der Waals surface area contributed by atoms with E-state index in [2.05, 4.69) is 0 Å². The van der Waals surface area contributed by atoms with Crippen molar-refractivity contribution in [2.45, 2.75) is 6.92 Å². The van der Waals surface area contributed by atoms with Gasteiger partial charge in [0.15, 0.2) is 0 Å². The van der Waals surface area contributed by atoms with Gasteiger partial charge in [0, 0.05) is 10.6 Å². The van der Waals surface area contributed by atoms with E-state index in [0.717, 1.165) is 5.56 Å². The Morgan fingerprint density at radius 1 is 1.25 bits per heavy atom. The molecule has 1 aromatic rings. The maximum atomic E-state index is 5.84. The molecule has 0 fully saturated rings. The zero-order valence-corrected chi connectivity index (χ0v) is 9.28. The van der Waals surface area contributed by atoms with Gasteiger partial charge in [0.05, 0.1) is 5.02 Å². The van der Waals surface area contributed by atoms with E-state index in [4.69, 9.17) is 47.0 Å². The maximum absolute atomic E-state index is 5.84. The smallest absolute Gasteiger partial charge is 0.0840 e. The molecule has 64 valence electrons. The van der Waals surface area contributed by atoms with Gasteiger partial charge in [0.25, 0.3) is 0 Å². The number of hydrogen-bond donors (Lipinski definition) is 0. The van der Waals surface area contributed by atoms with Crippen LogP contribution in [0.3, 0.4) is 0 Å². The second-order valence-electron chi connectivity index (χ2n) is 2.35. The second-order valence-corrected chi connectivity index (χ2v) is 4.18. The lowest BCUT2D eigenvalue weighted by Crippen LogP contribution is -1.90. The van der Waals surface area contributed by atoms with Crippen LogP contribution in [0.15, 0.2) is 12.1 Å². The van der Waals surface area contributed by atoms with Crippen LogP contribution < -0.4 is 0 Å². The van der Waals surface area contributed by atoms with Gasteiger partial charge in [0.2, 0.25) is 0 Å². The van der Waals surface area contributed by atoms with Gasteiger partial charge in [-0.1, -0.05) is 47.0 Å². The standard InChI is InChI=1S/C8H5Cl3S/c1-4-2-5(8(11)12)7(10)3-6(4)9/h2-3H,1H3. The highest BCUT2D eigenvalue weighted by Crippen LogP contribution is 2.26. The number of aryl methyl sites for hydroxylation is 1. The molecule has 0 radical (unpaired) electrons. The fourth-order valence-electron chi connectivity index (χ4n) is 0.808. The molecule has 1 rings (SSSR count). The summed E-state index contributed by atoms with van der Waals surface area (Å²) in [4.78, 5) is 0. The highest BCUT2D eigenvalue weighted by molar-refractivity contribution is 7.83. The Morgan fingerprint density at radius 2 is 1.83 bits per heavy atom. The lowest BCUT2D eigenvalue weighted by Gasteiger charge is -2.03. The average Bonchev–Trinajstić information content (AvgIpc) is 1.96. The number of rotatable bonds is 1. The Kier molecular flexibility index (Phi) is 3.36. The Hall–Kier alpha value is 0.180. The minimum Gasteiger partial charge on any atom is -0.0840 e. The predicted molar refractivity (Wildman–Crippen MR) is 58.8 cm³/mol. The van der Waals surface area contributed by atoms with Gasteiger partial charge >= 0.3 is 0 Å². The molecule has 0 atom stereocenters. The van der Waals surface area contributed by atoms with E-state index in [0.29, 0.717) is 15.6 Å². The number of thiocarbonyl (C=S) groups is 1. The molecule has 1 aromatic carbocycles. The summed E-state index contributed by atoms with van der Waals surface area (Å²) < 4.78 is 0.264. The molecule has 0 aromatic heterocycles. The second kappa shape index (κ2) is 3.93. The van der Waals surface area contributed by atoms with E-state index in [-0.39, 0.29) is 4.32 Å². The Bertz CT molecular complexity index is 333. The highest BCUT2D eigenvalue weighted by Gasteiger charge is 2.06. The summed E-state index contributed by atoms with van der Waals surface area (Å²) in [5.74, 6) is 0. The minimum absolute atomic E-state index is 0.264. The summed E-state index contributed by atoms with van der Waals surface area (Å²) in [7, 11) is 0. The molecule has 0 spiro atoms. The molecule has 0 unspecified atom stereocenters. The molecule has 0 nitrogen and oxygen atoms in total. The molecular formula is C8H5Cl3S. The van der Waals surface area contributed by atoms with Gasteiger partial charge in [-0.25, -0.2) is 0 Å². The Balaban J connectivity index is 3.33. The molecule has 0 heterocycles. The normalized spacial score (nSPS) is 10.0. The predicted octanol–water partition coefficient (Wildman–Crippen LogP) is 4.22. The number of benzene rings is 1. The molecule has 0 aliphatic carbocycles. The molecule has 4 heteroatoms. The zero-order chi connectivity index (χ0) is 9.30. The van der Waals surface area contributed by atoms with Crippen LogP contribution in [0, 0.1) is 6.92 Å². The largest absolute Gasteiger partial charge is 0.112 e. The third-order valence-corrected chi connectivity index (χ3v) is 2.60. The van der Waals surface area contributed by atoms with Crippen LogP contribution >= 0.6 is 47.0 Å². The summed E-state index contributed by atoms with van der Waals surface area (Å²) in [6.45, 7) is 1.87. The first-order valence-corrected chi connectivity index (χ1v) is 4.72. The van der Waals surface area contributed by atoms with Gasteiger partial charge in [-0.15, -0.1) is 0 Å². The summed E-state index contributed by atoms with van der Waals surface area (Å²) in [5, 5.41) is 1.11. The first kappa shape index (κ1) is 10.3. The molecule has 0 amide bonds. The zero-order valence-electron chi connectivity index (χ0n) is 6.20. The van der Waals surface area contributed by atoms with E-state index in [1.54, 1.807) is 12.1 Å². The van der Waals surface area contributed by atoms with Crippen molar-refractivity contribution in [3.05, 3.63) is 33.3 Å². The van der Waals surface area contributed by atoms with Crippen molar-refractivity contribution in [1.82, 2.24) is 0 Å². The first-order chi connectivity index (χ1) is 5.52. The topological polar surface area (TPSA) is 0 Å². The summed E-state index contributed by atoms with van der Waals surface area (Å²) in [6.07, 6.45) is 0. The van der Waals surface area contributed by atoms with E-state index in [9.17, 15) is 0 Å². The lowest BCUT2D eigenvalue weighted by molar-refractivity contribution is 1.46. The van der Waals surface area contributed by atoms with Crippen molar-refractivity contribution in [3.63, 3.8) is 0 Å². The van der Waals surface area contributed by atoms with Crippen molar-refractivity contribution in [2.24, 2.45) is 0 Å². The van der Waals surface area contributed by atoms with Crippen LogP contribution in [0.4, 0.5) is 0 Å². The van der Waals surface area contributed by atoms with Gasteiger partial charge in [-0.05, 0) is 24.6 Å². The third-order valence-electron chi connectivity index (χ3n) is 1.46. The van der Waals surface area contributed by atoms with E-state index >= 15 is 0 Å². The molecular weight excluding hydrogens is 235 g/mol. The molecule has 0 aliphatic heterocycles. The highest BCUT2D eigenvalue weighted by atomic mass is 35.5. The molecule has 12 heavy (non-hydrogen) atoms. The van der Waals surface area contributed by atoms with Crippen LogP contribution in [0.25, 0.3) is 0 Å². The van der Waals surface area contributed by atoms with E-state index in [1.165, 1.54) is 0 Å². The van der Waals surface area contributed by atoms with Gasteiger partial charge in [-0.3, -0.25) is 0 Å². The van der Waals surface area contributed by atoms with Crippen LogP contribution in [0.1, 0.15) is 11.1 Å². The third kappa shape index (κ3) is 2.11. The SMILES string of the molecule is Cc1cc(C(=S)Cl)c(Cl)cc1Cl. The molecule has 0 saturated heterocycles. The van der Waals surface area contributed by atoms with Crippen molar-refractivity contribution < 1.29 is 0 Å². The van der Waals surface area contributed by atoms with Crippen LogP contribution in [0.5, 0.6) is 0 Å². The fourth-order valence-corrected chi connectivity index (χ4v) is 1.72. The number of hydrogen-bond acceptors (Lipinski definition) is 1. The molecule has 0 N–H and O–H groups in total. The first-order valence-electron chi connectivity index (χ1n) is 3.18. The van der Waals surface area contributed by atoms with Crippen LogP contribution in [0.2, 0.25) is 10.0 Å². The Morgan fingerprint density at radius 3 is 2.33 bits per heavy atom. The van der Waals surface area contributed by atoms with E-state index < -0.39 is 0 Å². The molecule has 0 aliphatic rings. The summed E-state index contributed by atoms with van der Waals surface area (Å²) in [6, 6.07) is 3.42. The summed E-state index contributed by atoms with van der Waals surface area (Å²) >= 11 is 22.1.